The number of hydrogen-bond donors (Lipinski definition) is 1. The van der Waals surface area contributed by atoms with Gasteiger partial charge in [0.25, 0.3) is 0 Å². The number of ether oxygens (including phenoxy) is 1. The van der Waals surface area contributed by atoms with E-state index in [1.54, 1.807) is 6.07 Å². The summed E-state index contributed by atoms with van der Waals surface area (Å²) >= 11 is 0. The molecule has 0 fully saturated rings. The van der Waals surface area contributed by atoms with Crippen LogP contribution in [-0.4, -0.2) is 11.6 Å². The van der Waals surface area contributed by atoms with E-state index >= 15 is 0 Å². The fourth-order valence-electron chi connectivity index (χ4n) is 1.54. The van der Waals surface area contributed by atoms with Crippen LogP contribution in [-0.2, 0) is 0 Å². The highest BCUT2D eigenvalue weighted by atomic mass is 16.5. The standard InChI is InChI=1S/C13H13NO2/c1-2-16-11-6-3-5-10(9-11)12-7-4-8-13(15)14-12/h3-9H,2H2,1H3,(H,14,15). The zero-order valence-electron chi connectivity index (χ0n) is 9.07. The molecule has 0 unspecified atom stereocenters. The van der Waals surface area contributed by atoms with E-state index in [1.807, 2.05) is 37.3 Å². The van der Waals surface area contributed by atoms with Gasteiger partial charge < -0.3 is 9.72 Å². The zero-order chi connectivity index (χ0) is 11.4. The monoisotopic (exact) mass is 215 g/mol. The van der Waals surface area contributed by atoms with Crippen LogP contribution >= 0.6 is 0 Å². The summed E-state index contributed by atoms with van der Waals surface area (Å²) in [4.78, 5) is 14.0. The Labute approximate surface area is 93.7 Å². The average Bonchev–Trinajstić information content (AvgIpc) is 2.30. The number of rotatable bonds is 3. The first kappa shape index (κ1) is 10.5. The Kier molecular flexibility index (Phi) is 3.05. The van der Waals surface area contributed by atoms with Crippen LogP contribution in [0.1, 0.15) is 6.92 Å². The predicted molar refractivity (Wildman–Crippen MR) is 63.7 cm³/mol. The van der Waals surface area contributed by atoms with Gasteiger partial charge in [-0.1, -0.05) is 18.2 Å². The maximum Gasteiger partial charge on any atom is 0.248 e. The summed E-state index contributed by atoms with van der Waals surface area (Å²) in [5, 5.41) is 0. The van der Waals surface area contributed by atoms with E-state index in [0.29, 0.717) is 6.61 Å². The third-order valence-corrected chi connectivity index (χ3v) is 2.22. The minimum absolute atomic E-state index is 0.0979. The highest BCUT2D eigenvalue weighted by Crippen LogP contribution is 2.21. The van der Waals surface area contributed by atoms with E-state index in [-0.39, 0.29) is 5.56 Å². The maximum atomic E-state index is 11.2. The molecular formula is C13H13NO2. The van der Waals surface area contributed by atoms with Crippen LogP contribution in [0.25, 0.3) is 11.3 Å². The van der Waals surface area contributed by atoms with Crippen LogP contribution in [0, 0.1) is 0 Å². The topological polar surface area (TPSA) is 42.1 Å². The lowest BCUT2D eigenvalue weighted by Gasteiger charge is -2.05. The Morgan fingerprint density at radius 3 is 2.75 bits per heavy atom. The minimum atomic E-state index is -0.0979. The Hall–Kier alpha value is -2.03. The molecule has 82 valence electrons. The largest absolute Gasteiger partial charge is 0.494 e. The Bertz CT molecular complexity index is 531. The molecule has 16 heavy (non-hydrogen) atoms. The summed E-state index contributed by atoms with van der Waals surface area (Å²) in [6, 6.07) is 12.8. The number of benzene rings is 1. The van der Waals surface area contributed by atoms with E-state index in [1.165, 1.54) is 6.07 Å². The van der Waals surface area contributed by atoms with Crippen molar-refractivity contribution in [3.05, 3.63) is 52.8 Å². The molecule has 2 aromatic rings. The molecule has 1 aromatic carbocycles. The van der Waals surface area contributed by atoms with Crippen molar-refractivity contribution in [1.82, 2.24) is 4.98 Å². The third kappa shape index (κ3) is 2.31. The summed E-state index contributed by atoms with van der Waals surface area (Å²) < 4.78 is 5.41. The highest BCUT2D eigenvalue weighted by Gasteiger charge is 1.99. The Morgan fingerprint density at radius 1 is 1.19 bits per heavy atom. The first-order valence-corrected chi connectivity index (χ1v) is 5.22. The van der Waals surface area contributed by atoms with E-state index in [4.69, 9.17) is 4.74 Å². The molecule has 0 saturated heterocycles. The van der Waals surface area contributed by atoms with Crippen LogP contribution < -0.4 is 10.3 Å². The number of aromatic nitrogens is 1. The summed E-state index contributed by atoms with van der Waals surface area (Å²) in [6.07, 6.45) is 0. The smallest absolute Gasteiger partial charge is 0.248 e. The molecule has 0 atom stereocenters. The van der Waals surface area contributed by atoms with Crippen LogP contribution in [0.5, 0.6) is 5.75 Å². The number of pyridine rings is 1. The van der Waals surface area contributed by atoms with Crippen LogP contribution in [0.15, 0.2) is 47.3 Å². The lowest BCUT2D eigenvalue weighted by atomic mass is 10.1. The van der Waals surface area contributed by atoms with Gasteiger partial charge in [-0.15, -0.1) is 0 Å². The highest BCUT2D eigenvalue weighted by molar-refractivity contribution is 5.60. The van der Waals surface area contributed by atoms with Gasteiger partial charge in [-0.2, -0.15) is 0 Å². The van der Waals surface area contributed by atoms with Gasteiger partial charge in [0, 0.05) is 17.3 Å². The molecule has 0 aliphatic rings. The van der Waals surface area contributed by atoms with Gasteiger partial charge in [0.05, 0.1) is 6.61 Å². The number of nitrogens with one attached hydrogen (secondary N) is 1. The molecule has 0 aliphatic carbocycles. The van der Waals surface area contributed by atoms with Gasteiger partial charge in [-0.25, -0.2) is 0 Å². The van der Waals surface area contributed by atoms with Gasteiger partial charge in [-0.3, -0.25) is 4.79 Å². The second-order valence-electron chi connectivity index (χ2n) is 3.39. The van der Waals surface area contributed by atoms with Gasteiger partial charge in [-0.05, 0) is 25.1 Å². The molecule has 0 radical (unpaired) electrons. The normalized spacial score (nSPS) is 10.1. The molecule has 0 aliphatic heterocycles. The van der Waals surface area contributed by atoms with Crippen molar-refractivity contribution in [1.29, 1.82) is 0 Å². The molecule has 0 amide bonds. The summed E-state index contributed by atoms with van der Waals surface area (Å²) in [5.74, 6) is 0.810. The van der Waals surface area contributed by atoms with Gasteiger partial charge in [0.2, 0.25) is 5.56 Å². The fourth-order valence-corrected chi connectivity index (χ4v) is 1.54. The lowest BCUT2D eigenvalue weighted by molar-refractivity contribution is 0.340. The molecule has 3 nitrogen and oxygen atoms in total. The lowest BCUT2D eigenvalue weighted by Crippen LogP contribution is -2.03. The minimum Gasteiger partial charge on any atom is -0.494 e. The SMILES string of the molecule is CCOc1cccc(-c2cccc(=O)[nH]2)c1. The molecule has 1 N–H and O–H groups in total. The van der Waals surface area contributed by atoms with Gasteiger partial charge in [0.1, 0.15) is 5.75 Å². The van der Waals surface area contributed by atoms with Gasteiger partial charge in [0.15, 0.2) is 0 Å². The Balaban J connectivity index is 2.40. The predicted octanol–water partition coefficient (Wildman–Crippen LogP) is 2.44. The second kappa shape index (κ2) is 4.66. The summed E-state index contributed by atoms with van der Waals surface area (Å²) in [7, 11) is 0. The molecule has 0 bridgehead atoms. The van der Waals surface area contributed by atoms with Crippen molar-refractivity contribution in [3.63, 3.8) is 0 Å². The number of hydrogen-bond acceptors (Lipinski definition) is 2. The molecule has 0 spiro atoms. The Morgan fingerprint density at radius 2 is 2.00 bits per heavy atom. The van der Waals surface area contributed by atoms with Crippen LogP contribution in [0.3, 0.4) is 0 Å². The van der Waals surface area contributed by atoms with Crippen molar-refractivity contribution in [2.75, 3.05) is 6.61 Å². The van der Waals surface area contributed by atoms with Crippen LogP contribution in [0.2, 0.25) is 0 Å². The maximum absolute atomic E-state index is 11.2. The van der Waals surface area contributed by atoms with Crippen molar-refractivity contribution in [2.45, 2.75) is 6.92 Å². The second-order valence-corrected chi connectivity index (χ2v) is 3.39. The molecule has 1 aromatic heterocycles. The first-order valence-electron chi connectivity index (χ1n) is 5.22. The molecule has 0 saturated carbocycles. The fraction of sp³-hybridized carbons (Fsp3) is 0.154. The first-order chi connectivity index (χ1) is 7.79. The quantitative estimate of drug-likeness (QED) is 0.854. The van der Waals surface area contributed by atoms with Crippen molar-refractivity contribution >= 4 is 0 Å². The van der Waals surface area contributed by atoms with Crippen molar-refractivity contribution in [3.8, 4) is 17.0 Å². The van der Waals surface area contributed by atoms with Gasteiger partial charge >= 0.3 is 0 Å². The average molecular weight is 215 g/mol. The van der Waals surface area contributed by atoms with E-state index in [9.17, 15) is 4.79 Å². The molecule has 3 heteroatoms. The zero-order valence-corrected chi connectivity index (χ0v) is 9.07. The van der Waals surface area contributed by atoms with Crippen molar-refractivity contribution < 1.29 is 4.74 Å². The third-order valence-electron chi connectivity index (χ3n) is 2.22. The van der Waals surface area contributed by atoms with Crippen molar-refractivity contribution in [2.24, 2.45) is 0 Å². The molecule has 1 heterocycles. The van der Waals surface area contributed by atoms with E-state index in [0.717, 1.165) is 17.0 Å². The van der Waals surface area contributed by atoms with E-state index in [2.05, 4.69) is 4.98 Å². The molecular weight excluding hydrogens is 202 g/mol. The number of H-pyrrole nitrogens is 1. The van der Waals surface area contributed by atoms with Crippen LogP contribution in [0.4, 0.5) is 0 Å². The molecule has 2 rings (SSSR count). The summed E-state index contributed by atoms with van der Waals surface area (Å²) in [6.45, 7) is 2.58. The summed E-state index contributed by atoms with van der Waals surface area (Å²) in [5.41, 5.74) is 1.65. The van der Waals surface area contributed by atoms with E-state index < -0.39 is 0 Å². The number of aromatic amines is 1.